The molecule has 3 atom stereocenters. The van der Waals surface area contributed by atoms with E-state index in [2.05, 4.69) is 41.4 Å². The van der Waals surface area contributed by atoms with Crippen LogP contribution >= 0.6 is 0 Å². The number of likely N-dealkylation sites (tertiary alicyclic amines) is 1. The fraction of sp³-hybridized carbons (Fsp3) is 0.682. The molecule has 3 rings (SSSR count). The van der Waals surface area contributed by atoms with Gasteiger partial charge in [-0.05, 0) is 56.2 Å². The van der Waals surface area contributed by atoms with E-state index in [1.54, 1.807) is 0 Å². The van der Waals surface area contributed by atoms with Crippen LogP contribution in [0.25, 0.3) is 0 Å². The van der Waals surface area contributed by atoms with Crippen molar-refractivity contribution in [3.05, 3.63) is 35.4 Å². The molecule has 0 radical (unpaired) electrons. The third-order valence-electron chi connectivity index (χ3n) is 6.28. The third kappa shape index (κ3) is 4.86. The summed E-state index contributed by atoms with van der Waals surface area (Å²) in [5.74, 6) is 0.839. The molecule has 1 aromatic carbocycles. The van der Waals surface area contributed by atoms with E-state index < -0.39 is 0 Å². The molecule has 1 aliphatic carbocycles. The molecular formula is C22H35N3O. The number of nitrogens with two attached hydrogens (primary N) is 1. The van der Waals surface area contributed by atoms with Crippen LogP contribution in [0, 0.1) is 11.8 Å². The van der Waals surface area contributed by atoms with Crippen molar-refractivity contribution in [3.63, 3.8) is 0 Å². The van der Waals surface area contributed by atoms with Gasteiger partial charge in [0.1, 0.15) is 0 Å². The molecule has 4 heteroatoms. The third-order valence-corrected chi connectivity index (χ3v) is 6.28. The van der Waals surface area contributed by atoms with E-state index in [9.17, 15) is 4.79 Å². The molecule has 0 spiro atoms. The lowest BCUT2D eigenvalue weighted by molar-refractivity contribution is -0.128. The number of piperidine rings is 1. The van der Waals surface area contributed by atoms with Crippen LogP contribution < -0.4 is 11.1 Å². The average molecular weight is 358 g/mol. The number of carbonyl (C=O) groups is 1. The Morgan fingerprint density at radius 1 is 1.23 bits per heavy atom. The van der Waals surface area contributed by atoms with Crippen LogP contribution in [0.4, 0.5) is 0 Å². The van der Waals surface area contributed by atoms with Crippen molar-refractivity contribution in [3.8, 4) is 0 Å². The molecule has 2 aliphatic rings. The van der Waals surface area contributed by atoms with Gasteiger partial charge in [0, 0.05) is 25.2 Å². The summed E-state index contributed by atoms with van der Waals surface area (Å²) < 4.78 is 0. The van der Waals surface area contributed by atoms with Gasteiger partial charge in [-0.1, -0.05) is 44.0 Å². The minimum Gasteiger partial charge on any atom is -0.352 e. The van der Waals surface area contributed by atoms with Crippen molar-refractivity contribution >= 4 is 5.91 Å². The summed E-state index contributed by atoms with van der Waals surface area (Å²) in [6.45, 7) is 8.31. The van der Waals surface area contributed by atoms with Gasteiger partial charge in [0.2, 0.25) is 5.91 Å². The second-order valence-electron chi connectivity index (χ2n) is 8.77. The Morgan fingerprint density at radius 2 is 2.00 bits per heavy atom. The summed E-state index contributed by atoms with van der Waals surface area (Å²) in [6, 6.07) is 8.52. The van der Waals surface area contributed by atoms with Crippen molar-refractivity contribution in [2.24, 2.45) is 17.6 Å². The van der Waals surface area contributed by atoms with Crippen LogP contribution in [-0.4, -0.2) is 29.4 Å². The standard InChI is InChI=1S/C22H35N3O/c1-17-8-7-13-25(15-17)16-19-10-4-3-9-18(19)14-24-21(26)20-11-5-6-12-22(20,2)23/h3-4,9-10,17,20H,5-8,11-16,23H2,1-2H3,(H,24,26). The monoisotopic (exact) mass is 357 g/mol. The highest BCUT2D eigenvalue weighted by molar-refractivity contribution is 5.80. The zero-order chi connectivity index (χ0) is 18.6. The molecule has 1 amide bonds. The Labute approximate surface area is 158 Å². The highest BCUT2D eigenvalue weighted by Gasteiger charge is 2.37. The fourth-order valence-corrected chi connectivity index (χ4v) is 4.65. The molecule has 3 N–H and O–H groups in total. The number of carbonyl (C=O) groups excluding carboxylic acids is 1. The molecule has 1 aromatic rings. The highest BCUT2D eigenvalue weighted by atomic mass is 16.1. The van der Waals surface area contributed by atoms with Crippen LogP contribution in [0.15, 0.2) is 24.3 Å². The lowest BCUT2D eigenvalue weighted by Gasteiger charge is -2.37. The molecule has 144 valence electrons. The summed E-state index contributed by atoms with van der Waals surface area (Å²) in [5.41, 5.74) is 8.59. The molecule has 4 nitrogen and oxygen atoms in total. The van der Waals surface area contributed by atoms with Gasteiger partial charge in [0.15, 0.2) is 0 Å². The zero-order valence-electron chi connectivity index (χ0n) is 16.5. The van der Waals surface area contributed by atoms with Crippen LogP contribution in [0.3, 0.4) is 0 Å². The van der Waals surface area contributed by atoms with Crippen molar-refractivity contribution in [2.75, 3.05) is 13.1 Å². The average Bonchev–Trinajstić information content (AvgIpc) is 2.60. The van der Waals surface area contributed by atoms with Gasteiger partial charge in [-0.2, -0.15) is 0 Å². The first-order valence-electron chi connectivity index (χ1n) is 10.3. The topological polar surface area (TPSA) is 58.4 Å². The lowest BCUT2D eigenvalue weighted by Crippen LogP contribution is -2.52. The number of hydrogen-bond acceptors (Lipinski definition) is 3. The minimum absolute atomic E-state index is 0.0636. The summed E-state index contributed by atoms with van der Waals surface area (Å²) >= 11 is 0. The number of amides is 1. The first-order valence-corrected chi connectivity index (χ1v) is 10.3. The number of rotatable bonds is 5. The molecule has 3 unspecified atom stereocenters. The minimum atomic E-state index is -0.369. The highest BCUT2D eigenvalue weighted by Crippen LogP contribution is 2.31. The Balaban J connectivity index is 1.60. The normalized spacial score (nSPS) is 30.1. The number of nitrogens with one attached hydrogen (secondary N) is 1. The van der Waals surface area contributed by atoms with Crippen molar-refractivity contribution in [2.45, 2.75) is 71.0 Å². The van der Waals surface area contributed by atoms with E-state index in [1.807, 2.05) is 6.92 Å². The smallest absolute Gasteiger partial charge is 0.225 e. The predicted molar refractivity (Wildman–Crippen MR) is 107 cm³/mol. The number of nitrogens with zero attached hydrogens (tertiary/aromatic N) is 1. The van der Waals surface area contributed by atoms with E-state index in [-0.39, 0.29) is 17.4 Å². The second kappa shape index (κ2) is 8.53. The Bertz CT molecular complexity index is 613. The van der Waals surface area contributed by atoms with E-state index >= 15 is 0 Å². The molecular weight excluding hydrogens is 322 g/mol. The van der Waals surface area contributed by atoms with Crippen molar-refractivity contribution in [1.29, 1.82) is 0 Å². The predicted octanol–water partition coefficient (Wildman–Crippen LogP) is 3.44. The Kier molecular flexibility index (Phi) is 6.36. The van der Waals surface area contributed by atoms with Gasteiger partial charge in [0.25, 0.3) is 0 Å². The summed E-state index contributed by atoms with van der Waals surface area (Å²) in [6.07, 6.45) is 6.72. The molecule has 1 saturated heterocycles. The molecule has 1 heterocycles. The van der Waals surface area contributed by atoms with Crippen LogP contribution in [0.1, 0.15) is 63.5 Å². The van der Waals surface area contributed by atoms with Gasteiger partial charge in [-0.15, -0.1) is 0 Å². The van der Waals surface area contributed by atoms with Gasteiger partial charge >= 0.3 is 0 Å². The summed E-state index contributed by atoms with van der Waals surface area (Å²) in [7, 11) is 0. The van der Waals surface area contributed by atoms with Gasteiger partial charge < -0.3 is 11.1 Å². The van der Waals surface area contributed by atoms with Gasteiger partial charge in [-0.3, -0.25) is 9.69 Å². The van der Waals surface area contributed by atoms with Crippen molar-refractivity contribution in [1.82, 2.24) is 10.2 Å². The van der Waals surface area contributed by atoms with Crippen LogP contribution in [-0.2, 0) is 17.9 Å². The van der Waals surface area contributed by atoms with Crippen molar-refractivity contribution < 1.29 is 4.79 Å². The molecule has 1 saturated carbocycles. The second-order valence-corrected chi connectivity index (χ2v) is 8.77. The SMILES string of the molecule is CC1CCCN(Cc2ccccc2CNC(=O)C2CCCCC2(C)N)C1. The summed E-state index contributed by atoms with van der Waals surface area (Å²) in [4.78, 5) is 15.3. The first-order chi connectivity index (χ1) is 12.5. The molecule has 2 fully saturated rings. The fourth-order valence-electron chi connectivity index (χ4n) is 4.65. The molecule has 0 bridgehead atoms. The van der Waals surface area contributed by atoms with Crippen LogP contribution in [0.2, 0.25) is 0 Å². The lowest BCUT2D eigenvalue weighted by atomic mass is 9.74. The first kappa shape index (κ1) is 19.4. The molecule has 26 heavy (non-hydrogen) atoms. The maximum Gasteiger partial charge on any atom is 0.225 e. The van der Waals surface area contributed by atoms with E-state index in [1.165, 1.54) is 37.1 Å². The molecule has 1 aliphatic heterocycles. The van der Waals surface area contributed by atoms with E-state index in [0.717, 1.165) is 38.1 Å². The Morgan fingerprint density at radius 3 is 2.73 bits per heavy atom. The van der Waals surface area contributed by atoms with E-state index in [4.69, 9.17) is 5.73 Å². The maximum atomic E-state index is 12.7. The van der Waals surface area contributed by atoms with Gasteiger partial charge in [-0.25, -0.2) is 0 Å². The summed E-state index contributed by atoms with van der Waals surface area (Å²) in [5, 5.41) is 3.17. The van der Waals surface area contributed by atoms with Crippen LogP contribution in [0.5, 0.6) is 0 Å². The largest absolute Gasteiger partial charge is 0.352 e. The molecule has 0 aromatic heterocycles. The van der Waals surface area contributed by atoms with Gasteiger partial charge in [0.05, 0.1) is 5.92 Å². The number of benzene rings is 1. The quantitative estimate of drug-likeness (QED) is 0.849. The maximum absolute atomic E-state index is 12.7. The van der Waals surface area contributed by atoms with E-state index in [0.29, 0.717) is 6.54 Å². The zero-order valence-corrected chi connectivity index (χ0v) is 16.5. The number of hydrogen-bond donors (Lipinski definition) is 2. The Hall–Kier alpha value is -1.39.